The average molecular weight is 553 g/mol. The number of rotatable bonds is 6. The van der Waals surface area contributed by atoms with E-state index in [1.165, 1.54) is 62.2 Å². The van der Waals surface area contributed by atoms with Gasteiger partial charge >= 0.3 is 6.18 Å². The molecule has 0 radical (unpaired) electrons. The minimum atomic E-state index is -4.27. The Morgan fingerprint density at radius 3 is 2.63 bits per heavy atom. The standard InChI is InChI=1S/C17H27F3N2OS.C10H7NO.CH5N/c1-21-14-11-22(9-7-13-5-3-2-4-6-13)10-8-15(14)24-16(21)23-12-17(18,19)20;12-7-8-3-1-5-10-9(8)4-2-6-11-10;1-2/h13,16H,2-12H2,1H3;1-7H;2H2,1H3. The number of benzene rings is 1. The van der Waals surface area contributed by atoms with Gasteiger partial charge in [0.15, 0.2) is 11.8 Å². The zero-order valence-corrected chi connectivity index (χ0v) is 23.1. The second-order valence-electron chi connectivity index (χ2n) is 9.69. The lowest BCUT2D eigenvalue weighted by molar-refractivity contribution is -0.185. The van der Waals surface area contributed by atoms with Crippen LogP contribution in [0.25, 0.3) is 10.9 Å². The van der Waals surface area contributed by atoms with Crippen molar-refractivity contribution < 1.29 is 22.7 Å². The Balaban J connectivity index is 0.000000238. The molecule has 210 valence electrons. The Hall–Kier alpha value is -2.14. The van der Waals surface area contributed by atoms with Gasteiger partial charge in [-0.1, -0.05) is 62.1 Å². The number of halogens is 3. The fraction of sp³-hybridized carbons (Fsp3) is 0.571. The van der Waals surface area contributed by atoms with Gasteiger partial charge in [-0.3, -0.25) is 14.7 Å². The molecule has 0 spiro atoms. The number of likely N-dealkylation sites (N-methyl/N-ethyl adjacent to an activating group) is 1. The number of alkyl halides is 3. The number of pyridine rings is 1. The molecule has 1 fully saturated rings. The second-order valence-corrected chi connectivity index (χ2v) is 10.8. The number of thioether (sulfide) groups is 1. The van der Waals surface area contributed by atoms with Gasteiger partial charge in [0, 0.05) is 47.9 Å². The summed E-state index contributed by atoms with van der Waals surface area (Å²) in [4.78, 5) is 20.3. The van der Waals surface area contributed by atoms with Crippen LogP contribution in [0.5, 0.6) is 0 Å². The number of ether oxygens (including phenoxy) is 1. The van der Waals surface area contributed by atoms with Crippen molar-refractivity contribution in [2.75, 3.05) is 40.3 Å². The molecule has 0 saturated heterocycles. The van der Waals surface area contributed by atoms with E-state index in [0.717, 1.165) is 54.9 Å². The van der Waals surface area contributed by atoms with Crippen molar-refractivity contribution in [3.8, 4) is 0 Å². The highest BCUT2D eigenvalue weighted by Gasteiger charge is 2.37. The van der Waals surface area contributed by atoms with E-state index < -0.39 is 18.3 Å². The van der Waals surface area contributed by atoms with Crippen molar-refractivity contribution in [3.05, 3.63) is 52.7 Å². The molecule has 1 aromatic heterocycles. The summed E-state index contributed by atoms with van der Waals surface area (Å²) >= 11 is 1.45. The quantitative estimate of drug-likeness (QED) is 0.438. The highest BCUT2D eigenvalue weighted by molar-refractivity contribution is 8.03. The van der Waals surface area contributed by atoms with E-state index in [9.17, 15) is 18.0 Å². The summed E-state index contributed by atoms with van der Waals surface area (Å²) in [5.74, 6) is 0.868. The molecular weight excluding hydrogens is 513 g/mol. The summed E-state index contributed by atoms with van der Waals surface area (Å²) < 4.78 is 42.2. The SMILES string of the molecule is CN.CN1C2=C(CCN(CCC3CCCCC3)C2)SC1OCC(F)(F)F.O=Cc1cccc2ncccc12. The average Bonchev–Trinajstić information content (AvgIpc) is 3.26. The molecule has 1 saturated carbocycles. The van der Waals surface area contributed by atoms with Crippen LogP contribution in [0.15, 0.2) is 47.1 Å². The minimum Gasteiger partial charge on any atom is -0.342 e. The number of hydrogen-bond acceptors (Lipinski definition) is 7. The lowest BCUT2D eigenvalue weighted by atomic mass is 9.87. The minimum absolute atomic E-state index is 0.532. The number of aldehydes is 1. The first-order valence-corrected chi connectivity index (χ1v) is 14.1. The van der Waals surface area contributed by atoms with Crippen LogP contribution in [0.1, 0.15) is 55.3 Å². The number of hydrogen-bond donors (Lipinski definition) is 1. The lowest BCUT2D eigenvalue weighted by Gasteiger charge is -2.32. The van der Waals surface area contributed by atoms with Crippen molar-refractivity contribution in [3.63, 3.8) is 0 Å². The third-order valence-corrected chi connectivity index (χ3v) is 8.49. The van der Waals surface area contributed by atoms with Crippen molar-refractivity contribution in [1.29, 1.82) is 0 Å². The Morgan fingerprint density at radius 1 is 1.16 bits per heavy atom. The monoisotopic (exact) mass is 552 g/mol. The van der Waals surface area contributed by atoms with Crippen LogP contribution >= 0.6 is 11.8 Å². The summed E-state index contributed by atoms with van der Waals surface area (Å²) in [5, 5.41) is 0.912. The molecule has 1 unspecified atom stereocenters. The summed E-state index contributed by atoms with van der Waals surface area (Å²) in [6.07, 6.45) is 7.36. The van der Waals surface area contributed by atoms with Crippen molar-refractivity contribution in [1.82, 2.24) is 14.8 Å². The lowest BCUT2D eigenvalue weighted by Crippen LogP contribution is -2.38. The zero-order chi connectivity index (χ0) is 27.5. The van der Waals surface area contributed by atoms with E-state index in [0.29, 0.717) is 5.56 Å². The van der Waals surface area contributed by atoms with E-state index in [1.54, 1.807) is 12.3 Å². The van der Waals surface area contributed by atoms with Crippen molar-refractivity contribution in [2.45, 2.75) is 56.7 Å². The molecule has 1 atom stereocenters. The maximum Gasteiger partial charge on any atom is 0.411 e. The van der Waals surface area contributed by atoms with E-state index in [2.05, 4.69) is 15.6 Å². The molecule has 3 heterocycles. The normalized spacial score (nSPS) is 20.4. The van der Waals surface area contributed by atoms with Crippen LogP contribution in [-0.4, -0.2) is 73.1 Å². The molecule has 10 heteroatoms. The number of aromatic nitrogens is 1. The molecule has 2 aliphatic heterocycles. The maximum absolute atomic E-state index is 12.4. The number of carbonyl (C=O) groups excluding carboxylic acids is 1. The smallest absolute Gasteiger partial charge is 0.342 e. The third kappa shape index (κ3) is 8.69. The molecule has 6 nitrogen and oxygen atoms in total. The van der Waals surface area contributed by atoms with Gasteiger partial charge in [-0.2, -0.15) is 13.2 Å². The van der Waals surface area contributed by atoms with E-state index in [1.807, 2.05) is 36.2 Å². The molecule has 0 amide bonds. The first-order valence-electron chi connectivity index (χ1n) is 13.2. The van der Waals surface area contributed by atoms with Gasteiger partial charge in [0.05, 0.1) is 5.52 Å². The van der Waals surface area contributed by atoms with Crippen molar-refractivity contribution >= 4 is 29.0 Å². The summed E-state index contributed by atoms with van der Waals surface area (Å²) in [6, 6.07) is 9.24. The fourth-order valence-corrected chi connectivity index (χ4v) is 6.34. The van der Waals surface area contributed by atoms with E-state index in [4.69, 9.17) is 4.74 Å². The van der Waals surface area contributed by atoms with Gasteiger partial charge in [-0.15, -0.1) is 0 Å². The number of nitrogens with zero attached hydrogens (tertiary/aromatic N) is 3. The number of nitrogens with two attached hydrogens (primary N) is 1. The Labute approximate surface area is 227 Å². The predicted octanol–water partition coefficient (Wildman–Crippen LogP) is 6.04. The predicted molar refractivity (Wildman–Crippen MR) is 148 cm³/mol. The number of fused-ring (bicyclic) bond motifs is 1. The van der Waals surface area contributed by atoms with Gasteiger partial charge < -0.3 is 15.4 Å². The zero-order valence-electron chi connectivity index (χ0n) is 22.3. The Bertz CT molecular complexity index is 1050. The largest absolute Gasteiger partial charge is 0.411 e. The molecule has 5 rings (SSSR count). The van der Waals surface area contributed by atoms with Gasteiger partial charge in [0.1, 0.15) is 6.61 Å². The summed E-state index contributed by atoms with van der Waals surface area (Å²) in [7, 11) is 3.35. The molecule has 1 aliphatic carbocycles. The first-order chi connectivity index (χ1) is 18.3. The van der Waals surface area contributed by atoms with Gasteiger partial charge in [-0.25, -0.2) is 0 Å². The Kier molecular flexibility index (Phi) is 11.9. The maximum atomic E-state index is 12.4. The molecule has 0 bridgehead atoms. The van der Waals surface area contributed by atoms with E-state index in [-0.39, 0.29) is 0 Å². The highest BCUT2D eigenvalue weighted by atomic mass is 32.2. The second kappa shape index (κ2) is 14.9. The highest BCUT2D eigenvalue weighted by Crippen LogP contribution is 2.42. The van der Waals surface area contributed by atoms with Crippen LogP contribution in [0.4, 0.5) is 13.2 Å². The van der Waals surface area contributed by atoms with Crippen molar-refractivity contribution in [2.24, 2.45) is 11.7 Å². The molecule has 2 aromatic rings. The fourth-order valence-electron chi connectivity index (χ4n) is 5.12. The Morgan fingerprint density at radius 2 is 1.92 bits per heavy atom. The van der Waals surface area contributed by atoms with Gasteiger partial charge in [0.25, 0.3) is 0 Å². The molecule has 3 aliphatic rings. The number of carbonyl (C=O) groups is 1. The van der Waals surface area contributed by atoms with Gasteiger partial charge in [0.2, 0.25) is 0 Å². The molecule has 2 N–H and O–H groups in total. The first kappa shape index (κ1) is 30.4. The van der Waals surface area contributed by atoms with E-state index >= 15 is 0 Å². The van der Waals surface area contributed by atoms with Crippen LogP contribution < -0.4 is 5.73 Å². The summed E-state index contributed by atoms with van der Waals surface area (Å²) in [5.41, 5.74) is 6.68. The van der Waals surface area contributed by atoms with Crippen LogP contribution in [0, 0.1) is 5.92 Å². The van der Waals surface area contributed by atoms with Crippen LogP contribution in [-0.2, 0) is 4.74 Å². The molecule has 38 heavy (non-hydrogen) atoms. The molecule has 1 aromatic carbocycles. The van der Waals surface area contributed by atoms with Crippen LogP contribution in [0.3, 0.4) is 0 Å². The topological polar surface area (TPSA) is 71.7 Å². The molecular formula is C28H39F3N4O2S. The summed E-state index contributed by atoms with van der Waals surface area (Å²) in [6.45, 7) is 1.78. The third-order valence-electron chi connectivity index (χ3n) is 7.11. The van der Waals surface area contributed by atoms with Gasteiger partial charge in [-0.05, 0) is 44.5 Å². The van der Waals surface area contributed by atoms with Crippen LogP contribution in [0.2, 0.25) is 0 Å².